The van der Waals surface area contributed by atoms with Gasteiger partial charge in [0.1, 0.15) is 17.4 Å². The molecule has 1 N–H and O–H groups in total. The zero-order valence-corrected chi connectivity index (χ0v) is 12.7. The van der Waals surface area contributed by atoms with Crippen LogP contribution in [0.1, 0.15) is 6.92 Å². The number of anilines is 1. The van der Waals surface area contributed by atoms with Crippen LogP contribution in [-0.2, 0) is 4.79 Å². The van der Waals surface area contributed by atoms with E-state index in [1.807, 2.05) is 0 Å². The van der Waals surface area contributed by atoms with E-state index in [1.165, 1.54) is 43.3 Å². The van der Waals surface area contributed by atoms with Gasteiger partial charge in [-0.2, -0.15) is 0 Å². The number of carbonyl (C=O) groups is 1. The van der Waals surface area contributed by atoms with Gasteiger partial charge in [0.2, 0.25) is 0 Å². The molecule has 1 atom stereocenters. The predicted octanol–water partition coefficient (Wildman–Crippen LogP) is 4.13. The summed E-state index contributed by atoms with van der Waals surface area (Å²) in [6.07, 6.45) is -0.849. The van der Waals surface area contributed by atoms with Gasteiger partial charge in [-0.25, -0.2) is 8.78 Å². The zero-order chi connectivity index (χ0) is 15.4. The SMILES string of the molecule is C[C@H](Oc1ccc(F)cc1)C(=O)Nc1ccc(Br)cc1F. The largest absolute Gasteiger partial charge is 0.481 e. The van der Waals surface area contributed by atoms with Crippen LogP contribution in [0.15, 0.2) is 46.9 Å². The third kappa shape index (κ3) is 4.26. The number of rotatable bonds is 4. The minimum atomic E-state index is -0.849. The molecule has 0 aliphatic carbocycles. The molecule has 1 amide bonds. The Morgan fingerprint density at radius 3 is 2.48 bits per heavy atom. The Hall–Kier alpha value is -1.95. The summed E-state index contributed by atoms with van der Waals surface area (Å²) in [6.45, 7) is 1.52. The maximum atomic E-state index is 13.6. The van der Waals surface area contributed by atoms with Gasteiger partial charge in [-0.05, 0) is 49.4 Å². The van der Waals surface area contributed by atoms with E-state index in [0.29, 0.717) is 10.2 Å². The Kier molecular flexibility index (Phi) is 4.90. The van der Waals surface area contributed by atoms with Gasteiger partial charge in [0.15, 0.2) is 6.10 Å². The van der Waals surface area contributed by atoms with Crippen LogP contribution < -0.4 is 10.1 Å². The van der Waals surface area contributed by atoms with Crippen LogP contribution in [0.3, 0.4) is 0 Å². The van der Waals surface area contributed by atoms with Crippen LogP contribution in [-0.4, -0.2) is 12.0 Å². The normalized spacial score (nSPS) is 11.8. The number of halogens is 3. The van der Waals surface area contributed by atoms with E-state index in [1.54, 1.807) is 6.07 Å². The van der Waals surface area contributed by atoms with Crippen molar-refractivity contribution in [1.29, 1.82) is 0 Å². The summed E-state index contributed by atoms with van der Waals surface area (Å²) in [7, 11) is 0. The van der Waals surface area contributed by atoms with Crippen molar-refractivity contribution in [2.45, 2.75) is 13.0 Å². The first-order chi connectivity index (χ1) is 9.95. The summed E-state index contributed by atoms with van der Waals surface area (Å²) in [5, 5.41) is 2.43. The number of amides is 1. The van der Waals surface area contributed by atoms with Crippen molar-refractivity contribution >= 4 is 27.5 Å². The monoisotopic (exact) mass is 355 g/mol. The van der Waals surface area contributed by atoms with Gasteiger partial charge in [-0.3, -0.25) is 4.79 Å². The molecule has 21 heavy (non-hydrogen) atoms. The fraction of sp³-hybridized carbons (Fsp3) is 0.133. The molecule has 0 aromatic heterocycles. The Bertz CT molecular complexity index is 647. The first-order valence-electron chi connectivity index (χ1n) is 6.14. The highest BCUT2D eigenvalue weighted by atomic mass is 79.9. The van der Waals surface area contributed by atoms with Crippen molar-refractivity contribution in [2.75, 3.05) is 5.32 Å². The van der Waals surface area contributed by atoms with Gasteiger partial charge in [0.05, 0.1) is 5.69 Å². The molecule has 0 radical (unpaired) electrons. The van der Waals surface area contributed by atoms with E-state index in [9.17, 15) is 13.6 Å². The smallest absolute Gasteiger partial charge is 0.265 e. The molecule has 3 nitrogen and oxygen atoms in total. The molecule has 0 saturated heterocycles. The summed E-state index contributed by atoms with van der Waals surface area (Å²) >= 11 is 3.13. The van der Waals surface area contributed by atoms with Gasteiger partial charge in [-0.1, -0.05) is 15.9 Å². The molecule has 0 aliphatic rings. The number of ether oxygens (including phenoxy) is 1. The average molecular weight is 356 g/mol. The molecule has 2 aromatic carbocycles. The van der Waals surface area contributed by atoms with Crippen LogP contribution in [0.25, 0.3) is 0 Å². The lowest BCUT2D eigenvalue weighted by Crippen LogP contribution is -2.30. The number of hydrogen-bond acceptors (Lipinski definition) is 2. The molecule has 0 bridgehead atoms. The molecular weight excluding hydrogens is 344 g/mol. The summed E-state index contributed by atoms with van der Waals surface area (Å²) in [5.41, 5.74) is 0.0674. The summed E-state index contributed by atoms with van der Waals surface area (Å²) in [4.78, 5) is 11.9. The molecule has 110 valence electrons. The highest BCUT2D eigenvalue weighted by Gasteiger charge is 2.16. The summed E-state index contributed by atoms with van der Waals surface area (Å²) < 4.78 is 32.3. The van der Waals surface area contributed by atoms with Crippen molar-refractivity contribution < 1.29 is 18.3 Å². The lowest BCUT2D eigenvalue weighted by molar-refractivity contribution is -0.122. The molecule has 0 heterocycles. The molecule has 2 rings (SSSR count). The van der Waals surface area contributed by atoms with Crippen molar-refractivity contribution in [2.24, 2.45) is 0 Å². The average Bonchev–Trinajstić information content (AvgIpc) is 2.44. The van der Waals surface area contributed by atoms with Crippen LogP contribution in [0.5, 0.6) is 5.75 Å². The van der Waals surface area contributed by atoms with E-state index >= 15 is 0 Å². The number of nitrogens with one attached hydrogen (secondary N) is 1. The molecule has 2 aromatic rings. The maximum Gasteiger partial charge on any atom is 0.265 e. The van der Waals surface area contributed by atoms with E-state index in [4.69, 9.17) is 4.74 Å². The van der Waals surface area contributed by atoms with Gasteiger partial charge >= 0.3 is 0 Å². The highest BCUT2D eigenvalue weighted by Crippen LogP contribution is 2.20. The first kappa shape index (κ1) is 15.4. The quantitative estimate of drug-likeness (QED) is 0.895. The van der Waals surface area contributed by atoms with E-state index < -0.39 is 23.6 Å². The molecule has 6 heteroatoms. The van der Waals surface area contributed by atoms with Gasteiger partial charge < -0.3 is 10.1 Å². The van der Waals surface area contributed by atoms with Crippen LogP contribution in [0, 0.1) is 11.6 Å². The zero-order valence-electron chi connectivity index (χ0n) is 11.1. The second-order valence-electron chi connectivity index (χ2n) is 4.33. The Labute approximate surface area is 129 Å². The minimum Gasteiger partial charge on any atom is -0.481 e. The first-order valence-corrected chi connectivity index (χ1v) is 6.93. The standard InChI is InChI=1S/C15H12BrF2NO2/c1-9(21-12-5-3-11(17)4-6-12)15(20)19-14-7-2-10(16)8-13(14)18/h2-9H,1H3,(H,19,20)/t9-/m0/s1. The summed E-state index contributed by atoms with van der Waals surface area (Å²) in [5.74, 6) is -1.08. The lowest BCUT2D eigenvalue weighted by atomic mass is 10.2. The third-order valence-electron chi connectivity index (χ3n) is 2.68. The van der Waals surface area contributed by atoms with Crippen molar-refractivity contribution in [3.8, 4) is 5.75 Å². The Morgan fingerprint density at radius 1 is 1.19 bits per heavy atom. The molecule has 0 fully saturated rings. The van der Waals surface area contributed by atoms with Crippen molar-refractivity contribution in [3.05, 3.63) is 58.6 Å². The van der Waals surface area contributed by atoms with Gasteiger partial charge in [-0.15, -0.1) is 0 Å². The Balaban J connectivity index is 2.00. The topological polar surface area (TPSA) is 38.3 Å². The maximum absolute atomic E-state index is 13.6. The molecule has 0 spiro atoms. The third-order valence-corrected chi connectivity index (χ3v) is 3.18. The summed E-state index contributed by atoms with van der Waals surface area (Å²) in [6, 6.07) is 9.61. The van der Waals surface area contributed by atoms with Crippen molar-refractivity contribution in [1.82, 2.24) is 0 Å². The van der Waals surface area contributed by atoms with Crippen LogP contribution in [0.2, 0.25) is 0 Å². The predicted molar refractivity (Wildman–Crippen MR) is 79.2 cm³/mol. The van der Waals surface area contributed by atoms with E-state index in [-0.39, 0.29) is 5.69 Å². The number of hydrogen-bond donors (Lipinski definition) is 1. The Morgan fingerprint density at radius 2 is 1.86 bits per heavy atom. The molecule has 0 aliphatic heterocycles. The van der Waals surface area contributed by atoms with Crippen LogP contribution >= 0.6 is 15.9 Å². The van der Waals surface area contributed by atoms with Gasteiger partial charge in [0.25, 0.3) is 5.91 Å². The molecule has 0 saturated carbocycles. The minimum absolute atomic E-state index is 0.0674. The number of benzene rings is 2. The lowest BCUT2D eigenvalue weighted by Gasteiger charge is -2.15. The van der Waals surface area contributed by atoms with Crippen LogP contribution in [0.4, 0.5) is 14.5 Å². The second-order valence-corrected chi connectivity index (χ2v) is 5.24. The van der Waals surface area contributed by atoms with Crippen molar-refractivity contribution in [3.63, 3.8) is 0 Å². The molecular formula is C15H12BrF2NO2. The second kappa shape index (κ2) is 6.67. The molecule has 0 unspecified atom stereocenters. The van der Waals surface area contributed by atoms with E-state index in [2.05, 4.69) is 21.2 Å². The highest BCUT2D eigenvalue weighted by molar-refractivity contribution is 9.10. The fourth-order valence-corrected chi connectivity index (χ4v) is 1.93. The van der Waals surface area contributed by atoms with E-state index in [0.717, 1.165) is 0 Å². The number of carbonyl (C=O) groups excluding carboxylic acids is 1. The fourth-order valence-electron chi connectivity index (χ4n) is 1.60. The van der Waals surface area contributed by atoms with Gasteiger partial charge in [0, 0.05) is 4.47 Å².